The second-order valence-corrected chi connectivity index (χ2v) is 17.8. The first-order valence-electron chi connectivity index (χ1n) is 26.7. The van der Waals surface area contributed by atoms with Gasteiger partial charge in [-0.25, -0.2) is 0 Å². The Morgan fingerprint density at radius 2 is 0.677 bits per heavy atom. The molecule has 0 aromatic carbocycles. The summed E-state index contributed by atoms with van der Waals surface area (Å²) in [6.45, 7) is 6.52. The molecule has 0 aliphatic rings. The Morgan fingerprint density at radius 1 is 0.355 bits per heavy atom. The maximum absolute atomic E-state index is 12.8. The van der Waals surface area contributed by atoms with Crippen LogP contribution in [0.25, 0.3) is 0 Å². The third-order valence-electron chi connectivity index (χ3n) is 11.6. The molecular weight excluding hydrogens is 769 g/mol. The highest BCUT2D eigenvalue weighted by Gasteiger charge is 2.19. The summed E-state index contributed by atoms with van der Waals surface area (Å²) in [5.74, 6) is -0.903. The smallest absolute Gasteiger partial charge is 0.306 e. The van der Waals surface area contributed by atoms with E-state index in [4.69, 9.17) is 14.2 Å². The van der Waals surface area contributed by atoms with Gasteiger partial charge < -0.3 is 14.2 Å². The first-order valence-corrected chi connectivity index (χ1v) is 26.7. The van der Waals surface area contributed by atoms with E-state index in [1.165, 1.54) is 128 Å². The van der Waals surface area contributed by atoms with E-state index in [9.17, 15) is 14.4 Å². The minimum absolute atomic E-state index is 0.0835. The molecule has 0 fully saturated rings. The van der Waals surface area contributed by atoms with Crippen LogP contribution in [0.15, 0.2) is 48.6 Å². The normalized spacial score (nSPS) is 12.4. The highest BCUT2D eigenvalue weighted by molar-refractivity contribution is 5.71. The Bertz CT molecular complexity index is 1090. The minimum atomic E-state index is -0.782. The number of esters is 3. The van der Waals surface area contributed by atoms with Crippen molar-refractivity contribution in [2.45, 2.75) is 277 Å². The number of carbonyl (C=O) groups is 3. The van der Waals surface area contributed by atoms with E-state index in [0.717, 1.165) is 103 Å². The van der Waals surface area contributed by atoms with Crippen molar-refractivity contribution < 1.29 is 28.6 Å². The molecule has 1 unspecified atom stereocenters. The van der Waals surface area contributed by atoms with E-state index in [-0.39, 0.29) is 31.1 Å². The highest BCUT2D eigenvalue weighted by atomic mass is 16.6. The number of ether oxygens (including phenoxy) is 3. The third kappa shape index (κ3) is 48.4. The van der Waals surface area contributed by atoms with Crippen molar-refractivity contribution in [1.82, 2.24) is 0 Å². The van der Waals surface area contributed by atoms with Gasteiger partial charge in [-0.1, -0.05) is 230 Å². The summed E-state index contributed by atoms with van der Waals surface area (Å²) in [4.78, 5) is 38.0. The molecule has 0 aliphatic heterocycles. The van der Waals surface area contributed by atoms with Gasteiger partial charge in [0.2, 0.25) is 0 Å². The van der Waals surface area contributed by atoms with E-state index in [1.54, 1.807) is 0 Å². The van der Waals surface area contributed by atoms with Crippen molar-refractivity contribution in [3.8, 4) is 0 Å². The molecule has 6 heteroatoms. The number of allylic oxidation sites excluding steroid dienone is 8. The minimum Gasteiger partial charge on any atom is -0.462 e. The zero-order chi connectivity index (χ0) is 45.1. The number of hydrogen-bond donors (Lipinski definition) is 0. The Balaban J connectivity index is 4.37. The van der Waals surface area contributed by atoms with Gasteiger partial charge in [0.15, 0.2) is 6.10 Å². The topological polar surface area (TPSA) is 78.9 Å². The third-order valence-corrected chi connectivity index (χ3v) is 11.6. The fourth-order valence-corrected chi connectivity index (χ4v) is 7.59. The molecule has 0 amide bonds. The maximum Gasteiger partial charge on any atom is 0.306 e. The molecule has 1 atom stereocenters. The lowest BCUT2D eigenvalue weighted by Crippen LogP contribution is -2.30. The molecule has 0 bridgehead atoms. The molecule has 0 aromatic rings. The number of carbonyl (C=O) groups excluding carboxylic acids is 3. The lowest BCUT2D eigenvalue weighted by atomic mass is 10.0. The van der Waals surface area contributed by atoms with E-state index in [0.29, 0.717) is 19.3 Å². The average molecular weight is 869 g/mol. The molecule has 360 valence electrons. The van der Waals surface area contributed by atoms with Crippen LogP contribution in [-0.2, 0) is 28.6 Å². The van der Waals surface area contributed by atoms with E-state index >= 15 is 0 Å². The molecule has 0 saturated heterocycles. The lowest BCUT2D eigenvalue weighted by molar-refractivity contribution is -0.167. The Kier molecular flexibility index (Phi) is 48.8. The lowest BCUT2D eigenvalue weighted by Gasteiger charge is -2.18. The van der Waals surface area contributed by atoms with Crippen LogP contribution in [0.2, 0.25) is 0 Å². The number of hydrogen-bond acceptors (Lipinski definition) is 6. The summed E-state index contributed by atoms with van der Waals surface area (Å²) in [6.07, 6.45) is 61.0. The van der Waals surface area contributed by atoms with Crippen LogP contribution in [0.3, 0.4) is 0 Å². The summed E-state index contributed by atoms with van der Waals surface area (Å²) < 4.78 is 16.8. The van der Waals surface area contributed by atoms with Gasteiger partial charge in [0.1, 0.15) is 13.2 Å². The molecule has 0 aromatic heterocycles. The number of unbranched alkanes of at least 4 members (excludes halogenated alkanes) is 30. The average Bonchev–Trinajstić information content (AvgIpc) is 3.27. The first kappa shape index (κ1) is 59.4. The Hall–Kier alpha value is -2.63. The van der Waals surface area contributed by atoms with Gasteiger partial charge in [-0.15, -0.1) is 0 Å². The molecule has 0 radical (unpaired) electrons. The highest BCUT2D eigenvalue weighted by Crippen LogP contribution is 2.15. The van der Waals surface area contributed by atoms with Crippen molar-refractivity contribution in [1.29, 1.82) is 0 Å². The molecule has 0 heterocycles. The van der Waals surface area contributed by atoms with Crippen LogP contribution in [0.1, 0.15) is 271 Å². The molecular formula is C56H100O6. The molecule has 0 rings (SSSR count). The van der Waals surface area contributed by atoms with Crippen molar-refractivity contribution in [2.24, 2.45) is 0 Å². The van der Waals surface area contributed by atoms with Gasteiger partial charge in [0.25, 0.3) is 0 Å². The molecule has 6 nitrogen and oxygen atoms in total. The van der Waals surface area contributed by atoms with Gasteiger partial charge in [-0.05, 0) is 70.6 Å². The van der Waals surface area contributed by atoms with Gasteiger partial charge in [-0.3, -0.25) is 14.4 Å². The van der Waals surface area contributed by atoms with E-state index in [1.807, 2.05) is 0 Å². The van der Waals surface area contributed by atoms with Crippen LogP contribution in [0.4, 0.5) is 0 Å². The molecule has 0 N–H and O–H groups in total. The fourth-order valence-electron chi connectivity index (χ4n) is 7.59. The quantitative estimate of drug-likeness (QED) is 0.0199. The van der Waals surface area contributed by atoms with Crippen molar-refractivity contribution in [3.63, 3.8) is 0 Å². The van der Waals surface area contributed by atoms with Gasteiger partial charge >= 0.3 is 17.9 Å². The van der Waals surface area contributed by atoms with Gasteiger partial charge in [-0.2, -0.15) is 0 Å². The molecule has 0 saturated carbocycles. The summed E-state index contributed by atoms with van der Waals surface area (Å²) in [6, 6.07) is 0. The monoisotopic (exact) mass is 869 g/mol. The largest absolute Gasteiger partial charge is 0.462 e. The zero-order valence-electron chi connectivity index (χ0n) is 41.1. The van der Waals surface area contributed by atoms with E-state index < -0.39 is 6.10 Å². The zero-order valence-corrected chi connectivity index (χ0v) is 41.1. The summed E-state index contributed by atoms with van der Waals surface area (Å²) >= 11 is 0. The Labute approximate surface area is 384 Å². The van der Waals surface area contributed by atoms with Crippen molar-refractivity contribution in [2.75, 3.05) is 13.2 Å². The van der Waals surface area contributed by atoms with Crippen LogP contribution in [0, 0.1) is 0 Å². The standard InChI is InChI=1S/C56H100O6/c1-4-7-10-13-16-19-22-25-27-28-29-30-32-34-37-40-43-46-49-55(58)61-52-53(51-60-54(57)48-45-42-39-36-33-24-21-18-15-12-9-6-3)62-56(59)50-47-44-41-38-35-31-26-23-20-17-14-11-8-5-2/h9,12,18,21,27-30,53H,4-8,10-11,13-17,19-20,22-26,31-52H2,1-3H3/b12-9-,21-18-,28-27-,30-29-. The predicted molar refractivity (Wildman–Crippen MR) is 265 cm³/mol. The summed E-state index contributed by atoms with van der Waals surface area (Å²) in [5.41, 5.74) is 0. The van der Waals surface area contributed by atoms with Crippen molar-refractivity contribution >= 4 is 17.9 Å². The fraction of sp³-hybridized carbons (Fsp3) is 0.804. The number of rotatable bonds is 48. The molecule has 0 aliphatic carbocycles. The maximum atomic E-state index is 12.8. The second-order valence-electron chi connectivity index (χ2n) is 17.8. The van der Waals surface area contributed by atoms with Crippen molar-refractivity contribution in [3.05, 3.63) is 48.6 Å². The van der Waals surface area contributed by atoms with Crippen LogP contribution in [-0.4, -0.2) is 37.2 Å². The van der Waals surface area contributed by atoms with E-state index in [2.05, 4.69) is 69.4 Å². The van der Waals surface area contributed by atoms with Crippen LogP contribution in [0.5, 0.6) is 0 Å². The predicted octanol–water partition coefficient (Wildman–Crippen LogP) is 17.5. The summed E-state index contributed by atoms with van der Waals surface area (Å²) in [5, 5.41) is 0. The molecule has 0 spiro atoms. The van der Waals surface area contributed by atoms with Crippen LogP contribution >= 0.6 is 0 Å². The SMILES string of the molecule is CC/C=C\C/C=C\CCCCCCCC(=O)OCC(COC(=O)CCCCCCC/C=C\C=C/CCCCCCCCC)OC(=O)CCCCCCCCCCCCCCCC. The van der Waals surface area contributed by atoms with Gasteiger partial charge in [0.05, 0.1) is 0 Å². The molecule has 62 heavy (non-hydrogen) atoms. The van der Waals surface area contributed by atoms with Gasteiger partial charge in [0, 0.05) is 19.3 Å². The summed E-state index contributed by atoms with van der Waals surface area (Å²) in [7, 11) is 0. The second kappa shape index (κ2) is 51.0. The first-order chi connectivity index (χ1) is 30.5. The Morgan fingerprint density at radius 3 is 1.06 bits per heavy atom. The van der Waals surface area contributed by atoms with Crippen LogP contribution < -0.4 is 0 Å².